The van der Waals surface area contributed by atoms with Crippen molar-refractivity contribution in [2.75, 3.05) is 5.32 Å². The summed E-state index contributed by atoms with van der Waals surface area (Å²) in [4.78, 5) is 22.0. The molecule has 0 spiro atoms. The summed E-state index contributed by atoms with van der Waals surface area (Å²) in [7, 11) is 0. The molecular weight excluding hydrogens is 300 g/mol. The Balaban J connectivity index is 2.90. The second-order valence-corrected chi connectivity index (χ2v) is 4.74. The summed E-state index contributed by atoms with van der Waals surface area (Å²) in [5.41, 5.74) is 6.15. The van der Waals surface area contributed by atoms with Gasteiger partial charge >= 0.3 is 5.97 Å². The normalized spacial score (nSPS) is 11.9. The molecule has 98 valence electrons. The fraction of sp³-hybridized carbons (Fsp3) is 0.333. The van der Waals surface area contributed by atoms with Gasteiger partial charge in [0.2, 0.25) is 5.91 Å². The van der Waals surface area contributed by atoms with Gasteiger partial charge in [-0.1, -0.05) is 13.3 Å². The third kappa shape index (κ3) is 3.73. The monoisotopic (exact) mass is 314 g/mol. The van der Waals surface area contributed by atoms with Crippen LogP contribution in [-0.2, 0) is 4.79 Å². The maximum Gasteiger partial charge on any atom is 0.326 e. The van der Waals surface area contributed by atoms with Crippen molar-refractivity contribution in [2.45, 2.75) is 25.8 Å². The van der Waals surface area contributed by atoms with Crippen molar-refractivity contribution in [3.8, 4) is 0 Å². The van der Waals surface area contributed by atoms with Gasteiger partial charge in [-0.3, -0.25) is 4.79 Å². The number of nitrogens with two attached hydrogens (primary N) is 1. The molecule has 0 aliphatic rings. The largest absolute Gasteiger partial charge is 0.480 e. The standard InChI is InChI=1S/C12H15BrN2O3/c1-2-3-10(12(17)18)15-9-5-4-7(11(14)16)6-8(9)13/h4-6,10,15H,2-3H2,1H3,(H2,14,16)(H,17,18). The van der Waals surface area contributed by atoms with Gasteiger partial charge in [-0.15, -0.1) is 0 Å². The Hall–Kier alpha value is -1.56. The molecule has 0 aromatic heterocycles. The van der Waals surface area contributed by atoms with Crippen LogP contribution in [0, 0.1) is 0 Å². The van der Waals surface area contributed by atoms with Crippen molar-refractivity contribution >= 4 is 33.5 Å². The Kier molecular flexibility index (Phi) is 5.15. The molecule has 1 aromatic carbocycles. The number of hydrogen-bond acceptors (Lipinski definition) is 3. The van der Waals surface area contributed by atoms with Crippen LogP contribution in [0.5, 0.6) is 0 Å². The maximum atomic E-state index is 11.0. The van der Waals surface area contributed by atoms with Crippen LogP contribution in [0.1, 0.15) is 30.1 Å². The summed E-state index contributed by atoms with van der Waals surface area (Å²) >= 11 is 3.28. The highest BCUT2D eigenvalue weighted by atomic mass is 79.9. The lowest BCUT2D eigenvalue weighted by molar-refractivity contribution is -0.138. The molecule has 1 atom stereocenters. The molecule has 1 amide bonds. The lowest BCUT2D eigenvalue weighted by Gasteiger charge is -2.16. The van der Waals surface area contributed by atoms with Crippen molar-refractivity contribution in [1.82, 2.24) is 0 Å². The average Bonchev–Trinajstić information content (AvgIpc) is 2.30. The number of carboxylic acids is 1. The van der Waals surface area contributed by atoms with Gasteiger partial charge in [0.05, 0.1) is 0 Å². The zero-order valence-electron chi connectivity index (χ0n) is 9.94. The molecule has 0 fully saturated rings. The number of anilines is 1. The van der Waals surface area contributed by atoms with Gasteiger partial charge in [-0.2, -0.15) is 0 Å². The molecule has 5 nitrogen and oxygen atoms in total. The predicted molar refractivity (Wildman–Crippen MR) is 72.6 cm³/mol. The van der Waals surface area contributed by atoms with Crippen LogP contribution in [0.15, 0.2) is 22.7 Å². The Morgan fingerprint density at radius 2 is 2.17 bits per heavy atom. The molecule has 1 aromatic rings. The zero-order valence-corrected chi connectivity index (χ0v) is 11.5. The van der Waals surface area contributed by atoms with E-state index in [1.54, 1.807) is 18.2 Å². The van der Waals surface area contributed by atoms with Gasteiger partial charge in [0.15, 0.2) is 0 Å². The fourth-order valence-corrected chi connectivity index (χ4v) is 2.01. The molecule has 0 saturated heterocycles. The van der Waals surface area contributed by atoms with E-state index in [-0.39, 0.29) is 0 Å². The van der Waals surface area contributed by atoms with E-state index in [9.17, 15) is 9.59 Å². The van der Waals surface area contributed by atoms with E-state index in [0.717, 1.165) is 6.42 Å². The van der Waals surface area contributed by atoms with Crippen LogP contribution < -0.4 is 11.1 Å². The maximum absolute atomic E-state index is 11.0. The minimum absolute atomic E-state index is 0.370. The number of benzene rings is 1. The molecule has 0 aliphatic carbocycles. The van der Waals surface area contributed by atoms with Crippen molar-refractivity contribution in [3.05, 3.63) is 28.2 Å². The lowest BCUT2D eigenvalue weighted by Crippen LogP contribution is -2.29. The van der Waals surface area contributed by atoms with Gasteiger partial charge in [0, 0.05) is 15.7 Å². The molecule has 1 rings (SSSR count). The van der Waals surface area contributed by atoms with Crippen molar-refractivity contribution < 1.29 is 14.7 Å². The molecule has 18 heavy (non-hydrogen) atoms. The van der Waals surface area contributed by atoms with Crippen LogP contribution in [-0.4, -0.2) is 23.0 Å². The predicted octanol–water partition coefficient (Wildman–Crippen LogP) is 2.21. The second kappa shape index (κ2) is 6.39. The Morgan fingerprint density at radius 1 is 1.50 bits per heavy atom. The van der Waals surface area contributed by atoms with Crippen LogP contribution in [0.4, 0.5) is 5.69 Å². The van der Waals surface area contributed by atoms with E-state index in [1.165, 1.54) is 0 Å². The number of hydrogen-bond donors (Lipinski definition) is 3. The molecular formula is C12H15BrN2O3. The molecule has 0 aliphatic heterocycles. The van der Waals surface area contributed by atoms with Gasteiger partial charge in [-0.05, 0) is 40.5 Å². The van der Waals surface area contributed by atoms with Crippen LogP contribution >= 0.6 is 15.9 Å². The third-order valence-electron chi connectivity index (χ3n) is 2.46. The van der Waals surface area contributed by atoms with Gasteiger partial charge < -0.3 is 16.2 Å². The summed E-state index contributed by atoms with van der Waals surface area (Å²) < 4.78 is 0.612. The summed E-state index contributed by atoms with van der Waals surface area (Å²) in [6.45, 7) is 1.92. The van der Waals surface area contributed by atoms with E-state index in [4.69, 9.17) is 10.8 Å². The first kappa shape index (κ1) is 14.5. The van der Waals surface area contributed by atoms with E-state index >= 15 is 0 Å². The number of rotatable bonds is 6. The number of carbonyl (C=O) groups excluding carboxylic acids is 1. The Labute approximate surface area is 113 Å². The number of primary amides is 1. The number of carboxylic acid groups (broad SMARTS) is 1. The Morgan fingerprint density at radius 3 is 2.61 bits per heavy atom. The van der Waals surface area contributed by atoms with Gasteiger partial charge in [-0.25, -0.2) is 4.79 Å². The minimum atomic E-state index is -0.900. The smallest absolute Gasteiger partial charge is 0.326 e. The van der Waals surface area contributed by atoms with Crippen molar-refractivity contribution in [2.24, 2.45) is 5.73 Å². The average molecular weight is 315 g/mol. The summed E-state index contributed by atoms with van der Waals surface area (Å²) in [5, 5.41) is 12.0. The molecule has 0 radical (unpaired) electrons. The number of halogens is 1. The van der Waals surface area contributed by atoms with Gasteiger partial charge in [0.1, 0.15) is 6.04 Å². The van der Waals surface area contributed by atoms with Gasteiger partial charge in [0.25, 0.3) is 0 Å². The first-order chi connectivity index (χ1) is 8.45. The fourth-order valence-electron chi connectivity index (χ4n) is 1.52. The van der Waals surface area contributed by atoms with Crippen molar-refractivity contribution in [1.29, 1.82) is 0 Å². The minimum Gasteiger partial charge on any atom is -0.480 e. The summed E-state index contributed by atoms with van der Waals surface area (Å²) in [5.74, 6) is -1.42. The number of carbonyl (C=O) groups is 2. The molecule has 6 heteroatoms. The highest BCUT2D eigenvalue weighted by molar-refractivity contribution is 9.10. The quantitative estimate of drug-likeness (QED) is 0.750. The SMILES string of the molecule is CCCC(Nc1ccc(C(N)=O)cc1Br)C(=O)O. The highest BCUT2D eigenvalue weighted by Crippen LogP contribution is 2.24. The Bertz CT molecular complexity index is 463. The first-order valence-corrected chi connectivity index (χ1v) is 6.33. The van der Waals surface area contributed by atoms with E-state index in [0.29, 0.717) is 22.1 Å². The molecule has 0 heterocycles. The summed E-state index contributed by atoms with van der Waals surface area (Å²) in [6.07, 6.45) is 1.29. The van der Waals surface area contributed by atoms with E-state index in [1.807, 2.05) is 6.92 Å². The molecule has 4 N–H and O–H groups in total. The first-order valence-electron chi connectivity index (χ1n) is 5.54. The topological polar surface area (TPSA) is 92.4 Å². The van der Waals surface area contributed by atoms with Crippen LogP contribution in [0.3, 0.4) is 0 Å². The number of aliphatic carboxylic acids is 1. The lowest BCUT2D eigenvalue weighted by atomic mass is 10.1. The highest BCUT2D eigenvalue weighted by Gasteiger charge is 2.17. The molecule has 1 unspecified atom stereocenters. The van der Waals surface area contributed by atoms with E-state index < -0.39 is 17.9 Å². The summed E-state index contributed by atoms with van der Waals surface area (Å²) in [6, 6.07) is 4.11. The number of nitrogens with one attached hydrogen (secondary N) is 1. The third-order valence-corrected chi connectivity index (χ3v) is 3.11. The second-order valence-electron chi connectivity index (χ2n) is 3.88. The van der Waals surface area contributed by atoms with E-state index in [2.05, 4.69) is 21.2 Å². The van der Waals surface area contributed by atoms with Crippen molar-refractivity contribution in [3.63, 3.8) is 0 Å². The number of amides is 1. The molecule has 0 saturated carbocycles. The molecule has 0 bridgehead atoms. The zero-order chi connectivity index (χ0) is 13.7. The van der Waals surface area contributed by atoms with Crippen LogP contribution in [0.2, 0.25) is 0 Å². The van der Waals surface area contributed by atoms with Crippen LogP contribution in [0.25, 0.3) is 0 Å².